The molecule has 0 spiro atoms. The van der Waals surface area contributed by atoms with Crippen LogP contribution in [0.3, 0.4) is 0 Å². The van der Waals surface area contributed by atoms with Crippen LogP contribution in [-0.4, -0.2) is 52.9 Å². The molecule has 1 aliphatic heterocycles. The van der Waals surface area contributed by atoms with E-state index in [2.05, 4.69) is 15.3 Å². The van der Waals surface area contributed by atoms with Crippen LogP contribution in [0.15, 0.2) is 42.7 Å². The first-order valence-electron chi connectivity index (χ1n) is 8.43. The van der Waals surface area contributed by atoms with Gasteiger partial charge in [0.1, 0.15) is 6.42 Å². The predicted octanol–water partition coefficient (Wildman–Crippen LogP) is 1.49. The van der Waals surface area contributed by atoms with Gasteiger partial charge in [-0.15, -0.1) is 0 Å². The topological polar surface area (TPSA) is 78.4 Å². The van der Waals surface area contributed by atoms with Crippen molar-refractivity contribution in [2.75, 3.05) is 31.1 Å². The van der Waals surface area contributed by atoms with E-state index < -0.39 is 0 Å². The van der Waals surface area contributed by atoms with Gasteiger partial charge in [-0.1, -0.05) is 29.8 Å². The normalized spacial score (nSPS) is 14.2. The minimum atomic E-state index is -0.302. The molecule has 8 heteroatoms. The first-order valence-corrected chi connectivity index (χ1v) is 8.81. The first kappa shape index (κ1) is 18.1. The quantitative estimate of drug-likeness (QED) is 0.803. The van der Waals surface area contributed by atoms with Gasteiger partial charge in [0.05, 0.1) is 0 Å². The lowest BCUT2D eigenvalue weighted by Gasteiger charge is -2.34. The minimum absolute atomic E-state index is 0.160. The molecule has 2 aromatic rings. The molecule has 0 unspecified atom stereocenters. The van der Waals surface area contributed by atoms with E-state index in [9.17, 15) is 9.59 Å². The molecule has 0 atom stereocenters. The van der Waals surface area contributed by atoms with Gasteiger partial charge >= 0.3 is 0 Å². The maximum Gasteiger partial charge on any atom is 0.232 e. The molecule has 0 radical (unpaired) electrons. The highest BCUT2D eigenvalue weighted by Gasteiger charge is 2.23. The van der Waals surface area contributed by atoms with Crippen LogP contribution in [-0.2, 0) is 16.1 Å². The lowest BCUT2D eigenvalue weighted by atomic mass is 10.2. The Morgan fingerprint density at radius 2 is 1.73 bits per heavy atom. The van der Waals surface area contributed by atoms with Crippen molar-refractivity contribution in [3.05, 3.63) is 53.3 Å². The predicted molar refractivity (Wildman–Crippen MR) is 98.7 cm³/mol. The Hall–Kier alpha value is -2.67. The van der Waals surface area contributed by atoms with Crippen molar-refractivity contribution in [2.24, 2.45) is 0 Å². The van der Waals surface area contributed by atoms with Crippen molar-refractivity contribution in [1.29, 1.82) is 0 Å². The van der Waals surface area contributed by atoms with Gasteiger partial charge in [-0.25, -0.2) is 9.97 Å². The summed E-state index contributed by atoms with van der Waals surface area (Å²) in [6, 6.07) is 9.07. The Balaban J connectivity index is 1.44. The number of hydrogen-bond donors (Lipinski definition) is 1. The SMILES string of the molecule is O=C(CC(=O)N1CCN(c2ncccn2)CC1)NCc1ccccc1Cl. The molecule has 1 N–H and O–H groups in total. The molecule has 2 amide bonds. The minimum Gasteiger partial charge on any atom is -0.352 e. The van der Waals surface area contributed by atoms with Crippen LogP contribution < -0.4 is 10.2 Å². The van der Waals surface area contributed by atoms with Gasteiger partial charge in [0.25, 0.3) is 0 Å². The number of hydrogen-bond acceptors (Lipinski definition) is 5. The maximum atomic E-state index is 12.3. The first-order chi connectivity index (χ1) is 12.6. The van der Waals surface area contributed by atoms with E-state index >= 15 is 0 Å². The van der Waals surface area contributed by atoms with Crippen LogP contribution in [0.2, 0.25) is 5.02 Å². The molecule has 136 valence electrons. The molecular formula is C18H20ClN5O2. The monoisotopic (exact) mass is 373 g/mol. The van der Waals surface area contributed by atoms with Crippen molar-refractivity contribution in [1.82, 2.24) is 20.2 Å². The summed E-state index contributed by atoms with van der Waals surface area (Å²) in [5, 5.41) is 3.34. The zero-order valence-electron chi connectivity index (χ0n) is 14.3. The Labute approximate surface area is 157 Å². The Morgan fingerprint density at radius 3 is 2.42 bits per heavy atom. The van der Waals surface area contributed by atoms with Crippen LogP contribution in [0.1, 0.15) is 12.0 Å². The fourth-order valence-electron chi connectivity index (χ4n) is 2.76. The molecule has 2 heterocycles. The number of aromatic nitrogens is 2. The van der Waals surface area contributed by atoms with Crippen LogP contribution in [0.25, 0.3) is 0 Å². The zero-order valence-corrected chi connectivity index (χ0v) is 15.0. The summed E-state index contributed by atoms with van der Waals surface area (Å²) < 4.78 is 0. The van der Waals surface area contributed by atoms with Crippen molar-refractivity contribution in [3.63, 3.8) is 0 Å². The third-order valence-corrected chi connectivity index (χ3v) is 4.58. The molecular weight excluding hydrogens is 354 g/mol. The fraction of sp³-hybridized carbons (Fsp3) is 0.333. The van der Waals surface area contributed by atoms with E-state index in [1.165, 1.54) is 0 Å². The van der Waals surface area contributed by atoms with E-state index in [0.29, 0.717) is 43.7 Å². The van der Waals surface area contributed by atoms with E-state index in [1.807, 2.05) is 23.1 Å². The standard InChI is InChI=1S/C18H20ClN5O2/c19-15-5-2-1-4-14(15)13-22-16(25)12-17(26)23-8-10-24(11-9-23)18-20-6-3-7-21-18/h1-7H,8-13H2,(H,22,25). The number of benzene rings is 1. The number of carbonyl (C=O) groups is 2. The molecule has 26 heavy (non-hydrogen) atoms. The highest BCUT2D eigenvalue weighted by atomic mass is 35.5. The van der Waals surface area contributed by atoms with Gasteiger partial charge in [-0.05, 0) is 17.7 Å². The summed E-state index contributed by atoms with van der Waals surface area (Å²) in [4.78, 5) is 36.5. The second kappa shape index (κ2) is 8.62. The van der Waals surface area contributed by atoms with E-state index in [1.54, 1.807) is 29.4 Å². The second-order valence-electron chi connectivity index (χ2n) is 5.96. The molecule has 0 saturated carbocycles. The summed E-state index contributed by atoms with van der Waals surface area (Å²) in [6.07, 6.45) is 3.23. The van der Waals surface area contributed by atoms with Gasteiger partial charge in [-0.3, -0.25) is 9.59 Å². The van der Waals surface area contributed by atoms with Crippen molar-refractivity contribution >= 4 is 29.4 Å². The molecule has 7 nitrogen and oxygen atoms in total. The van der Waals surface area contributed by atoms with E-state index in [-0.39, 0.29) is 18.2 Å². The number of piperazine rings is 1. The Kier molecular flexibility index (Phi) is 6.01. The number of carbonyl (C=O) groups excluding carboxylic acids is 2. The maximum absolute atomic E-state index is 12.3. The van der Waals surface area contributed by atoms with Gasteiger partial charge in [0.15, 0.2) is 0 Å². The zero-order chi connectivity index (χ0) is 18.4. The van der Waals surface area contributed by atoms with Gasteiger partial charge in [0, 0.05) is 50.1 Å². The smallest absolute Gasteiger partial charge is 0.232 e. The highest BCUT2D eigenvalue weighted by Crippen LogP contribution is 2.14. The third kappa shape index (κ3) is 4.70. The van der Waals surface area contributed by atoms with E-state index in [4.69, 9.17) is 11.6 Å². The number of nitrogens with one attached hydrogen (secondary N) is 1. The lowest BCUT2D eigenvalue weighted by Crippen LogP contribution is -2.50. The largest absolute Gasteiger partial charge is 0.352 e. The average Bonchev–Trinajstić information content (AvgIpc) is 2.68. The molecule has 1 saturated heterocycles. The number of anilines is 1. The van der Waals surface area contributed by atoms with Crippen molar-refractivity contribution in [3.8, 4) is 0 Å². The summed E-state index contributed by atoms with van der Waals surface area (Å²) in [6.45, 7) is 2.71. The van der Waals surface area contributed by atoms with Gasteiger partial charge < -0.3 is 15.1 Å². The average molecular weight is 374 g/mol. The van der Waals surface area contributed by atoms with Crippen LogP contribution in [0.5, 0.6) is 0 Å². The lowest BCUT2D eigenvalue weighted by molar-refractivity contribution is -0.136. The highest BCUT2D eigenvalue weighted by molar-refractivity contribution is 6.31. The molecule has 1 fully saturated rings. The van der Waals surface area contributed by atoms with E-state index in [0.717, 1.165) is 5.56 Å². The van der Waals surface area contributed by atoms with Crippen molar-refractivity contribution in [2.45, 2.75) is 13.0 Å². The molecule has 3 rings (SSSR count). The summed E-state index contributed by atoms with van der Waals surface area (Å²) in [5.41, 5.74) is 0.825. The Bertz CT molecular complexity index is 763. The molecule has 0 aliphatic carbocycles. The van der Waals surface area contributed by atoms with Gasteiger partial charge in [0.2, 0.25) is 17.8 Å². The van der Waals surface area contributed by atoms with Gasteiger partial charge in [-0.2, -0.15) is 0 Å². The summed E-state index contributed by atoms with van der Waals surface area (Å²) in [5.74, 6) is 0.191. The molecule has 1 aliphatic rings. The fourth-order valence-corrected chi connectivity index (χ4v) is 2.96. The molecule has 0 bridgehead atoms. The molecule has 1 aromatic heterocycles. The van der Waals surface area contributed by atoms with Crippen molar-refractivity contribution < 1.29 is 9.59 Å². The Morgan fingerprint density at radius 1 is 1.04 bits per heavy atom. The second-order valence-corrected chi connectivity index (χ2v) is 6.37. The van der Waals surface area contributed by atoms with Crippen LogP contribution >= 0.6 is 11.6 Å². The summed E-state index contributed by atoms with van der Waals surface area (Å²) in [7, 11) is 0. The number of amides is 2. The number of halogens is 1. The van der Waals surface area contributed by atoms with Crippen LogP contribution in [0.4, 0.5) is 5.95 Å². The number of nitrogens with zero attached hydrogens (tertiary/aromatic N) is 4. The number of rotatable bonds is 5. The summed E-state index contributed by atoms with van der Waals surface area (Å²) >= 11 is 6.06. The third-order valence-electron chi connectivity index (χ3n) is 4.21. The van der Waals surface area contributed by atoms with Crippen LogP contribution in [0, 0.1) is 0 Å². The molecule has 1 aromatic carbocycles.